The number of aryl methyl sites for hydroxylation is 1. The van der Waals surface area contributed by atoms with Crippen LogP contribution in [0, 0.1) is 6.92 Å². The Hall–Kier alpha value is -2.78. The summed E-state index contributed by atoms with van der Waals surface area (Å²) in [6.07, 6.45) is 2.12. The molecule has 2 aromatic carbocycles. The first-order valence-electron chi connectivity index (χ1n) is 11.5. The first-order chi connectivity index (χ1) is 16.5. The molecule has 0 radical (unpaired) electrons. The van der Waals surface area contributed by atoms with Crippen molar-refractivity contribution in [2.75, 3.05) is 30.8 Å². The lowest BCUT2D eigenvalue weighted by molar-refractivity contribution is -0.140. The molecular weight excluding hydrogens is 490 g/mol. The van der Waals surface area contributed by atoms with E-state index in [9.17, 15) is 18.0 Å². The largest absolute Gasteiger partial charge is 0.495 e. The van der Waals surface area contributed by atoms with Crippen LogP contribution in [0.3, 0.4) is 0 Å². The molecule has 1 atom stereocenters. The zero-order valence-electron chi connectivity index (χ0n) is 20.9. The predicted octanol–water partition coefficient (Wildman–Crippen LogP) is 3.76. The van der Waals surface area contributed by atoms with Gasteiger partial charge in [-0.25, -0.2) is 8.42 Å². The number of halogens is 1. The zero-order valence-corrected chi connectivity index (χ0v) is 22.4. The SMILES string of the molecule is CCCNC(=O)[C@@H](CC)N(Cc1ccccc1Cl)C(=O)CN(c1cc(C)ccc1OC)S(C)(=O)=O. The van der Waals surface area contributed by atoms with Gasteiger partial charge in [-0.3, -0.25) is 13.9 Å². The molecule has 0 aliphatic rings. The van der Waals surface area contributed by atoms with Crippen LogP contribution in [0.5, 0.6) is 5.75 Å². The van der Waals surface area contributed by atoms with E-state index in [1.807, 2.05) is 13.8 Å². The van der Waals surface area contributed by atoms with Gasteiger partial charge in [-0.2, -0.15) is 0 Å². The number of benzene rings is 2. The summed E-state index contributed by atoms with van der Waals surface area (Å²) in [5, 5.41) is 3.30. The van der Waals surface area contributed by atoms with Crippen LogP contribution in [0.2, 0.25) is 5.02 Å². The second kappa shape index (κ2) is 12.8. The van der Waals surface area contributed by atoms with E-state index in [1.165, 1.54) is 12.0 Å². The number of nitrogens with one attached hydrogen (secondary N) is 1. The van der Waals surface area contributed by atoms with Crippen LogP contribution < -0.4 is 14.4 Å². The molecule has 0 aliphatic heterocycles. The lowest BCUT2D eigenvalue weighted by Crippen LogP contribution is -2.52. The maximum Gasteiger partial charge on any atom is 0.244 e. The molecule has 0 saturated heterocycles. The summed E-state index contributed by atoms with van der Waals surface area (Å²) in [4.78, 5) is 28.1. The smallest absolute Gasteiger partial charge is 0.244 e. The van der Waals surface area contributed by atoms with Crippen molar-refractivity contribution in [2.24, 2.45) is 0 Å². The quantitative estimate of drug-likeness (QED) is 0.457. The van der Waals surface area contributed by atoms with Gasteiger partial charge in [0, 0.05) is 18.1 Å². The Morgan fingerprint density at radius 3 is 2.40 bits per heavy atom. The fraction of sp³-hybridized carbons (Fsp3) is 0.440. The summed E-state index contributed by atoms with van der Waals surface area (Å²) in [5.41, 5.74) is 1.72. The van der Waals surface area contributed by atoms with Gasteiger partial charge < -0.3 is 15.0 Å². The highest BCUT2D eigenvalue weighted by Gasteiger charge is 2.32. The van der Waals surface area contributed by atoms with Crippen molar-refractivity contribution >= 4 is 39.1 Å². The van der Waals surface area contributed by atoms with Gasteiger partial charge in [0.2, 0.25) is 21.8 Å². The molecule has 35 heavy (non-hydrogen) atoms. The maximum absolute atomic E-state index is 13.7. The average molecular weight is 524 g/mol. The second-order valence-corrected chi connectivity index (χ2v) is 10.6. The summed E-state index contributed by atoms with van der Waals surface area (Å²) in [6, 6.07) is 11.3. The standard InChI is InChI=1S/C25H34ClN3O5S/c1-6-14-27-25(31)21(7-2)28(16-19-10-8-9-11-20(19)26)24(30)17-29(35(5,32)33)22-15-18(3)12-13-23(22)34-4/h8-13,15,21H,6-7,14,16-17H2,1-5H3,(H,27,31)/t21-/m1/s1. The lowest BCUT2D eigenvalue weighted by Gasteiger charge is -2.33. The van der Waals surface area contributed by atoms with Crippen molar-refractivity contribution in [3.63, 3.8) is 0 Å². The summed E-state index contributed by atoms with van der Waals surface area (Å²) in [6.45, 7) is 5.59. The van der Waals surface area contributed by atoms with Crippen molar-refractivity contribution < 1.29 is 22.7 Å². The van der Waals surface area contributed by atoms with Gasteiger partial charge in [0.05, 0.1) is 19.1 Å². The Morgan fingerprint density at radius 1 is 1.14 bits per heavy atom. The van der Waals surface area contributed by atoms with Crippen molar-refractivity contribution in [2.45, 2.75) is 46.2 Å². The highest BCUT2D eigenvalue weighted by molar-refractivity contribution is 7.92. The molecule has 2 rings (SSSR count). The Balaban J connectivity index is 2.51. The molecule has 0 spiro atoms. The Kier molecular flexibility index (Phi) is 10.4. The number of anilines is 1. The molecule has 0 heterocycles. The molecule has 8 nitrogen and oxygen atoms in total. The second-order valence-electron chi connectivity index (χ2n) is 8.27. The fourth-order valence-electron chi connectivity index (χ4n) is 3.69. The van der Waals surface area contributed by atoms with Gasteiger partial charge in [0.1, 0.15) is 18.3 Å². The van der Waals surface area contributed by atoms with Crippen LogP contribution in [0.15, 0.2) is 42.5 Å². The molecule has 2 aromatic rings. The van der Waals surface area contributed by atoms with Crippen molar-refractivity contribution in [3.8, 4) is 5.75 Å². The van der Waals surface area contributed by atoms with Crippen LogP contribution in [0.4, 0.5) is 5.69 Å². The van der Waals surface area contributed by atoms with E-state index in [2.05, 4.69) is 5.32 Å². The molecule has 0 bridgehead atoms. The maximum atomic E-state index is 13.7. The monoisotopic (exact) mass is 523 g/mol. The van der Waals surface area contributed by atoms with E-state index in [4.69, 9.17) is 16.3 Å². The van der Waals surface area contributed by atoms with Crippen LogP contribution in [0.1, 0.15) is 37.8 Å². The Labute approximate surface area is 213 Å². The molecule has 1 N–H and O–H groups in total. The van der Waals surface area contributed by atoms with Crippen molar-refractivity contribution in [1.82, 2.24) is 10.2 Å². The first-order valence-corrected chi connectivity index (χ1v) is 13.7. The van der Waals surface area contributed by atoms with Crippen LogP contribution in [0.25, 0.3) is 0 Å². The van der Waals surface area contributed by atoms with E-state index >= 15 is 0 Å². The first kappa shape index (κ1) is 28.5. The predicted molar refractivity (Wildman–Crippen MR) is 139 cm³/mol. The molecule has 10 heteroatoms. The highest BCUT2D eigenvalue weighted by atomic mass is 35.5. The molecule has 2 amide bonds. The fourth-order valence-corrected chi connectivity index (χ4v) is 4.73. The summed E-state index contributed by atoms with van der Waals surface area (Å²) >= 11 is 6.35. The van der Waals surface area contributed by atoms with Gasteiger partial charge >= 0.3 is 0 Å². The third-order valence-corrected chi connectivity index (χ3v) is 7.01. The number of carbonyl (C=O) groups is 2. The molecule has 0 unspecified atom stereocenters. The minimum Gasteiger partial charge on any atom is -0.495 e. The molecule has 192 valence electrons. The number of carbonyl (C=O) groups excluding carboxylic acids is 2. The number of methoxy groups -OCH3 is 1. The Bertz CT molecular complexity index is 1140. The third-order valence-electron chi connectivity index (χ3n) is 5.52. The topological polar surface area (TPSA) is 96.0 Å². The van der Waals surface area contributed by atoms with Crippen LogP contribution in [-0.4, -0.2) is 57.6 Å². The number of ether oxygens (including phenoxy) is 1. The van der Waals surface area contributed by atoms with Gasteiger partial charge in [0.15, 0.2) is 0 Å². The molecular formula is C25H34ClN3O5S. The highest BCUT2D eigenvalue weighted by Crippen LogP contribution is 2.31. The molecule has 0 aliphatic carbocycles. The van der Waals surface area contributed by atoms with Crippen LogP contribution >= 0.6 is 11.6 Å². The number of rotatable bonds is 12. The van der Waals surface area contributed by atoms with Crippen molar-refractivity contribution in [1.29, 1.82) is 0 Å². The lowest BCUT2D eigenvalue weighted by atomic mass is 10.1. The molecule has 0 aromatic heterocycles. The van der Waals surface area contributed by atoms with E-state index in [-0.39, 0.29) is 18.1 Å². The van der Waals surface area contributed by atoms with E-state index in [0.717, 1.165) is 22.5 Å². The number of amides is 2. The normalized spacial score (nSPS) is 12.1. The average Bonchev–Trinajstić information content (AvgIpc) is 2.81. The molecule has 0 saturated carbocycles. The third kappa shape index (κ3) is 7.60. The van der Waals surface area contributed by atoms with Gasteiger partial charge in [-0.05, 0) is 49.1 Å². The number of hydrogen-bond acceptors (Lipinski definition) is 5. The van der Waals surface area contributed by atoms with Gasteiger partial charge in [0.25, 0.3) is 0 Å². The van der Waals surface area contributed by atoms with Gasteiger partial charge in [-0.15, -0.1) is 0 Å². The molecule has 0 fully saturated rings. The number of sulfonamides is 1. The van der Waals surface area contributed by atoms with Gasteiger partial charge in [-0.1, -0.05) is 49.7 Å². The van der Waals surface area contributed by atoms with E-state index in [0.29, 0.717) is 29.3 Å². The van der Waals surface area contributed by atoms with E-state index < -0.39 is 28.5 Å². The minimum absolute atomic E-state index is 0.0547. The van der Waals surface area contributed by atoms with Crippen LogP contribution in [-0.2, 0) is 26.2 Å². The number of hydrogen-bond donors (Lipinski definition) is 1. The van der Waals surface area contributed by atoms with E-state index in [1.54, 1.807) is 49.4 Å². The summed E-state index contributed by atoms with van der Waals surface area (Å²) in [5.74, 6) is -0.509. The minimum atomic E-state index is -3.86. The number of nitrogens with zero attached hydrogens (tertiary/aromatic N) is 2. The summed E-state index contributed by atoms with van der Waals surface area (Å²) in [7, 11) is -2.43. The van der Waals surface area contributed by atoms with Crippen molar-refractivity contribution in [3.05, 3.63) is 58.6 Å². The Morgan fingerprint density at radius 2 is 1.83 bits per heavy atom. The zero-order chi connectivity index (χ0) is 26.2. The summed E-state index contributed by atoms with van der Waals surface area (Å²) < 4.78 is 32.0.